The lowest BCUT2D eigenvalue weighted by Gasteiger charge is -2.25. The normalized spacial score (nSPS) is 24.6. The molecule has 0 saturated carbocycles. The Morgan fingerprint density at radius 2 is 2.17 bits per heavy atom. The van der Waals surface area contributed by atoms with Crippen LogP contribution in [0.4, 0.5) is 4.79 Å². The summed E-state index contributed by atoms with van der Waals surface area (Å²) in [6.45, 7) is 7.10. The van der Waals surface area contributed by atoms with Crippen LogP contribution in [-0.2, 0) is 4.79 Å². The minimum absolute atomic E-state index is 0.222. The molecule has 1 heterocycles. The highest BCUT2D eigenvalue weighted by Crippen LogP contribution is 2.36. The van der Waals surface area contributed by atoms with E-state index in [0.717, 1.165) is 6.54 Å². The molecule has 1 saturated heterocycles. The molecular weight excluding hydrogens is 250 g/mol. The van der Waals surface area contributed by atoms with E-state index < -0.39 is 6.03 Å². The van der Waals surface area contributed by atoms with Crippen LogP contribution in [0.2, 0.25) is 0 Å². The summed E-state index contributed by atoms with van der Waals surface area (Å²) < 4.78 is 0.222. The summed E-state index contributed by atoms with van der Waals surface area (Å²) >= 11 is 1.95. The first kappa shape index (κ1) is 15.3. The molecule has 0 radical (unpaired) electrons. The van der Waals surface area contributed by atoms with E-state index in [9.17, 15) is 9.59 Å². The highest BCUT2D eigenvalue weighted by Gasteiger charge is 2.30. The van der Waals surface area contributed by atoms with Gasteiger partial charge in [-0.1, -0.05) is 0 Å². The number of hydrogen-bond acceptors (Lipinski definition) is 4. The molecule has 1 aliphatic rings. The topological polar surface area (TPSA) is 70.2 Å². The third-order valence-electron chi connectivity index (χ3n) is 3.05. The van der Waals surface area contributed by atoms with Gasteiger partial charge in [-0.3, -0.25) is 10.1 Å². The van der Waals surface area contributed by atoms with Gasteiger partial charge in [0.2, 0.25) is 5.91 Å². The fourth-order valence-corrected chi connectivity index (χ4v) is 3.12. The zero-order valence-electron chi connectivity index (χ0n) is 11.3. The lowest BCUT2D eigenvalue weighted by atomic mass is 10.1. The first-order chi connectivity index (χ1) is 8.47. The number of imide groups is 1. The Balaban J connectivity index is 2.29. The Morgan fingerprint density at radius 3 is 2.72 bits per heavy atom. The van der Waals surface area contributed by atoms with Gasteiger partial charge >= 0.3 is 6.03 Å². The summed E-state index contributed by atoms with van der Waals surface area (Å²) in [5, 5.41) is 8.04. The summed E-state index contributed by atoms with van der Waals surface area (Å²) in [5.74, 6) is 0.907. The van der Waals surface area contributed by atoms with Gasteiger partial charge in [0.15, 0.2) is 0 Å². The van der Waals surface area contributed by atoms with Crippen molar-refractivity contribution in [2.75, 3.05) is 18.8 Å². The van der Waals surface area contributed by atoms with E-state index in [1.807, 2.05) is 18.7 Å². The third kappa shape index (κ3) is 4.86. The smallest absolute Gasteiger partial charge is 0.321 e. The zero-order valence-corrected chi connectivity index (χ0v) is 12.2. The highest BCUT2D eigenvalue weighted by molar-refractivity contribution is 8.00. The van der Waals surface area contributed by atoms with Crippen LogP contribution in [0.15, 0.2) is 0 Å². The number of carbonyl (C=O) groups excluding carboxylic acids is 2. The first-order valence-corrected chi connectivity index (χ1v) is 7.41. The van der Waals surface area contributed by atoms with E-state index >= 15 is 0 Å². The molecular formula is C12H23N3O2S. The minimum Gasteiger partial charge on any atom is -0.338 e. The number of nitrogens with one attached hydrogen (secondary N) is 3. The fraction of sp³-hybridized carbons (Fsp3) is 0.833. The number of urea groups is 1. The van der Waals surface area contributed by atoms with Crippen LogP contribution >= 0.6 is 11.8 Å². The third-order valence-corrected chi connectivity index (χ3v) is 4.59. The molecule has 104 valence electrons. The van der Waals surface area contributed by atoms with Crippen molar-refractivity contribution in [2.45, 2.75) is 44.4 Å². The number of amides is 3. The molecule has 0 spiro atoms. The summed E-state index contributed by atoms with van der Waals surface area (Å²) in [5.41, 5.74) is 0. The van der Waals surface area contributed by atoms with E-state index in [1.165, 1.54) is 18.6 Å². The number of rotatable bonds is 5. The summed E-state index contributed by atoms with van der Waals surface area (Å²) in [6.07, 6.45) is 2.41. The van der Waals surface area contributed by atoms with Gasteiger partial charge in [0.25, 0.3) is 0 Å². The molecule has 1 fully saturated rings. The van der Waals surface area contributed by atoms with Crippen LogP contribution in [0.1, 0.15) is 33.6 Å². The molecule has 5 nitrogen and oxygen atoms in total. The molecule has 2 unspecified atom stereocenters. The molecule has 18 heavy (non-hydrogen) atoms. The quantitative estimate of drug-likeness (QED) is 0.701. The van der Waals surface area contributed by atoms with Crippen LogP contribution in [0, 0.1) is 0 Å². The molecule has 1 aliphatic heterocycles. The van der Waals surface area contributed by atoms with Gasteiger partial charge in [0.1, 0.15) is 0 Å². The van der Waals surface area contributed by atoms with Crippen LogP contribution < -0.4 is 16.0 Å². The summed E-state index contributed by atoms with van der Waals surface area (Å²) in [6, 6.07) is -0.789. The van der Waals surface area contributed by atoms with Gasteiger partial charge in [-0.25, -0.2) is 4.79 Å². The van der Waals surface area contributed by atoms with Gasteiger partial charge in [-0.05, 0) is 39.4 Å². The second kappa shape index (κ2) is 6.99. The maximum atomic E-state index is 11.7. The Hall–Kier alpha value is -0.750. The molecule has 0 aromatic heterocycles. The Labute approximate surface area is 113 Å². The molecule has 0 aromatic carbocycles. The van der Waals surface area contributed by atoms with Crippen molar-refractivity contribution < 1.29 is 9.59 Å². The summed E-state index contributed by atoms with van der Waals surface area (Å²) in [4.78, 5) is 22.9. The SMILES string of the molecule is CCNC(=O)NC(=O)C(C)NCC1(C)CCCS1. The first-order valence-electron chi connectivity index (χ1n) is 6.43. The van der Waals surface area contributed by atoms with Crippen molar-refractivity contribution in [3.63, 3.8) is 0 Å². The van der Waals surface area contributed by atoms with E-state index in [1.54, 1.807) is 6.92 Å². The average Bonchev–Trinajstić information content (AvgIpc) is 2.74. The molecule has 3 amide bonds. The standard InChI is InChI=1S/C12H23N3O2S/c1-4-13-11(17)15-10(16)9(2)14-8-12(3)6-5-7-18-12/h9,14H,4-8H2,1-3H3,(H2,13,15,16,17). The minimum atomic E-state index is -0.433. The molecule has 2 atom stereocenters. The second-order valence-corrected chi connectivity index (χ2v) is 6.54. The van der Waals surface area contributed by atoms with Gasteiger partial charge in [0.05, 0.1) is 6.04 Å². The molecule has 0 bridgehead atoms. The average molecular weight is 273 g/mol. The van der Waals surface area contributed by atoms with E-state index in [0.29, 0.717) is 6.54 Å². The monoisotopic (exact) mass is 273 g/mol. The maximum Gasteiger partial charge on any atom is 0.321 e. The predicted molar refractivity (Wildman–Crippen MR) is 74.8 cm³/mol. The molecule has 0 aromatic rings. The van der Waals surface area contributed by atoms with Crippen molar-refractivity contribution >= 4 is 23.7 Å². The summed E-state index contributed by atoms with van der Waals surface area (Å²) in [7, 11) is 0. The molecule has 3 N–H and O–H groups in total. The Bertz CT molecular complexity index is 304. The predicted octanol–water partition coefficient (Wildman–Crippen LogP) is 1.10. The number of carbonyl (C=O) groups is 2. The van der Waals surface area contributed by atoms with Crippen molar-refractivity contribution in [1.82, 2.24) is 16.0 Å². The van der Waals surface area contributed by atoms with Crippen molar-refractivity contribution in [1.29, 1.82) is 0 Å². The lowest BCUT2D eigenvalue weighted by molar-refractivity contribution is -0.121. The second-order valence-electron chi connectivity index (χ2n) is 4.85. The zero-order chi connectivity index (χ0) is 13.6. The Morgan fingerprint density at radius 1 is 1.44 bits per heavy atom. The van der Waals surface area contributed by atoms with Crippen LogP contribution in [-0.4, -0.2) is 41.6 Å². The van der Waals surface area contributed by atoms with E-state index in [4.69, 9.17) is 0 Å². The van der Waals surface area contributed by atoms with Crippen molar-refractivity contribution in [2.24, 2.45) is 0 Å². The van der Waals surface area contributed by atoms with Crippen LogP contribution in [0.3, 0.4) is 0 Å². The Kier molecular flexibility index (Phi) is 5.95. The number of thioether (sulfide) groups is 1. The van der Waals surface area contributed by atoms with E-state index in [2.05, 4.69) is 22.9 Å². The van der Waals surface area contributed by atoms with Gasteiger partial charge in [-0.15, -0.1) is 0 Å². The maximum absolute atomic E-state index is 11.7. The van der Waals surface area contributed by atoms with E-state index in [-0.39, 0.29) is 16.7 Å². The van der Waals surface area contributed by atoms with Gasteiger partial charge in [-0.2, -0.15) is 11.8 Å². The lowest BCUT2D eigenvalue weighted by Crippen LogP contribution is -2.50. The molecule has 6 heteroatoms. The largest absolute Gasteiger partial charge is 0.338 e. The molecule has 1 rings (SSSR count). The van der Waals surface area contributed by atoms with Crippen molar-refractivity contribution in [3.05, 3.63) is 0 Å². The van der Waals surface area contributed by atoms with Crippen LogP contribution in [0.5, 0.6) is 0 Å². The van der Waals surface area contributed by atoms with Crippen LogP contribution in [0.25, 0.3) is 0 Å². The van der Waals surface area contributed by atoms with Gasteiger partial charge < -0.3 is 10.6 Å². The number of hydrogen-bond donors (Lipinski definition) is 3. The molecule has 0 aliphatic carbocycles. The fourth-order valence-electron chi connectivity index (χ4n) is 1.86. The highest BCUT2D eigenvalue weighted by atomic mass is 32.2. The van der Waals surface area contributed by atoms with Gasteiger partial charge in [0, 0.05) is 17.8 Å². The van der Waals surface area contributed by atoms with Crippen molar-refractivity contribution in [3.8, 4) is 0 Å².